The minimum Gasteiger partial charge on any atom is -0.379 e. The second-order valence-electron chi connectivity index (χ2n) is 7.94. The molecule has 2 aromatic rings. The fourth-order valence-electron chi connectivity index (χ4n) is 3.42. The lowest BCUT2D eigenvalue weighted by Gasteiger charge is -2.27. The molecule has 1 aliphatic rings. The molecule has 8 nitrogen and oxygen atoms in total. The molecule has 0 spiro atoms. The second-order valence-corrected chi connectivity index (χ2v) is 7.94. The number of rotatable bonds is 8. The van der Waals surface area contributed by atoms with Gasteiger partial charge < -0.3 is 19.5 Å². The largest absolute Gasteiger partial charge is 0.379 e. The SMILES string of the molecule is Cc1ccc(CN(C)C(=NCc2nnc(C)n2C)NCCCN2CCOCC2)cc1.I. The normalized spacial score (nSPS) is 14.9. The van der Waals surface area contributed by atoms with E-state index in [0.717, 1.165) is 70.0 Å². The summed E-state index contributed by atoms with van der Waals surface area (Å²) in [6.07, 6.45) is 1.07. The number of morpholine rings is 1. The molecular formula is C22H36IN7O. The van der Waals surface area contributed by atoms with Gasteiger partial charge in [0.15, 0.2) is 11.8 Å². The van der Waals surface area contributed by atoms with Crippen LogP contribution in [0.5, 0.6) is 0 Å². The van der Waals surface area contributed by atoms with Gasteiger partial charge in [0.2, 0.25) is 0 Å². The van der Waals surface area contributed by atoms with Crippen molar-refractivity contribution in [2.24, 2.45) is 12.0 Å². The van der Waals surface area contributed by atoms with Crippen LogP contribution in [0.4, 0.5) is 0 Å². The summed E-state index contributed by atoms with van der Waals surface area (Å²) in [6.45, 7) is 11.1. The molecule has 0 aliphatic carbocycles. The molecular weight excluding hydrogens is 505 g/mol. The number of aromatic nitrogens is 3. The van der Waals surface area contributed by atoms with Crippen molar-refractivity contribution in [1.82, 2.24) is 29.9 Å². The Morgan fingerprint density at radius 3 is 2.52 bits per heavy atom. The number of halogens is 1. The third-order valence-corrected chi connectivity index (χ3v) is 5.49. The number of hydrogen-bond donors (Lipinski definition) is 1. The Kier molecular flexibility index (Phi) is 10.7. The van der Waals surface area contributed by atoms with Crippen LogP contribution in [0.2, 0.25) is 0 Å². The average Bonchev–Trinajstić information content (AvgIpc) is 3.07. The zero-order valence-electron chi connectivity index (χ0n) is 19.2. The van der Waals surface area contributed by atoms with E-state index in [1.165, 1.54) is 11.1 Å². The van der Waals surface area contributed by atoms with Crippen molar-refractivity contribution < 1.29 is 4.74 Å². The molecule has 3 rings (SSSR count). The van der Waals surface area contributed by atoms with E-state index in [9.17, 15) is 0 Å². The van der Waals surface area contributed by atoms with Crippen LogP contribution in [-0.4, -0.2) is 77.0 Å². The smallest absolute Gasteiger partial charge is 0.194 e. The van der Waals surface area contributed by atoms with Crippen LogP contribution in [0, 0.1) is 13.8 Å². The molecule has 9 heteroatoms. The highest BCUT2D eigenvalue weighted by Crippen LogP contribution is 2.07. The molecule has 0 unspecified atom stereocenters. The van der Waals surface area contributed by atoms with Gasteiger partial charge in [0.05, 0.1) is 13.2 Å². The van der Waals surface area contributed by atoms with Crippen molar-refractivity contribution in [2.75, 3.05) is 46.4 Å². The minimum atomic E-state index is 0. The summed E-state index contributed by atoms with van der Waals surface area (Å²) in [4.78, 5) is 9.47. The van der Waals surface area contributed by atoms with Gasteiger partial charge in [-0.25, -0.2) is 4.99 Å². The number of nitrogens with one attached hydrogen (secondary N) is 1. The van der Waals surface area contributed by atoms with Gasteiger partial charge in [0.1, 0.15) is 12.4 Å². The van der Waals surface area contributed by atoms with Gasteiger partial charge in [-0.1, -0.05) is 29.8 Å². The first-order valence-electron chi connectivity index (χ1n) is 10.7. The Bertz CT molecular complexity index is 816. The fourth-order valence-corrected chi connectivity index (χ4v) is 3.42. The highest BCUT2D eigenvalue weighted by molar-refractivity contribution is 14.0. The maximum atomic E-state index is 5.43. The van der Waals surface area contributed by atoms with Crippen LogP contribution in [-0.2, 0) is 24.9 Å². The zero-order valence-corrected chi connectivity index (χ0v) is 21.5. The molecule has 31 heavy (non-hydrogen) atoms. The molecule has 0 radical (unpaired) electrons. The summed E-state index contributed by atoms with van der Waals surface area (Å²) in [5.41, 5.74) is 2.54. The maximum Gasteiger partial charge on any atom is 0.194 e. The highest BCUT2D eigenvalue weighted by Gasteiger charge is 2.12. The zero-order chi connectivity index (χ0) is 21.3. The predicted octanol–water partition coefficient (Wildman–Crippen LogP) is 2.35. The Balaban J connectivity index is 0.00000341. The van der Waals surface area contributed by atoms with E-state index >= 15 is 0 Å². The number of benzene rings is 1. The van der Waals surface area contributed by atoms with E-state index in [0.29, 0.717) is 6.54 Å². The van der Waals surface area contributed by atoms with Crippen molar-refractivity contribution in [2.45, 2.75) is 33.4 Å². The molecule has 0 bridgehead atoms. The molecule has 1 aromatic heterocycles. The standard InChI is InChI=1S/C22H35N7O.HI/c1-18-6-8-20(9-7-18)17-27(3)22(24-16-21-26-25-19(2)28(21)4)23-10-5-11-29-12-14-30-15-13-29;/h6-9H,5,10-17H2,1-4H3,(H,23,24);1H. The van der Waals surface area contributed by atoms with Crippen molar-refractivity contribution in [1.29, 1.82) is 0 Å². The number of aliphatic imine (C=N–C) groups is 1. The third-order valence-electron chi connectivity index (χ3n) is 5.49. The van der Waals surface area contributed by atoms with E-state index in [1.54, 1.807) is 0 Å². The first-order chi connectivity index (χ1) is 14.5. The van der Waals surface area contributed by atoms with Crippen LogP contribution >= 0.6 is 24.0 Å². The molecule has 1 N–H and O–H groups in total. The predicted molar refractivity (Wildman–Crippen MR) is 135 cm³/mol. The minimum absolute atomic E-state index is 0. The highest BCUT2D eigenvalue weighted by atomic mass is 127. The van der Waals surface area contributed by atoms with Gasteiger partial charge in [0.25, 0.3) is 0 Å². The first kappa shape index (κ1) is 25.5. The molecule has 0 amide bonds. The van der Waals surface area contributed by atoms with E-state index in [4.69, 9.17) is 9.73 Å². The molecule has 0 saturated carbocycles. The van der Waals surface area contributed by atoms with Gasteiger partial charge in [-0.15, -0.1) is 34.2 Å². The Hall–Kier alpha value is -1.72. The average molecular weight is 541 g/mol. The summed E-state index contributed by atoms with van der Waals surface area (Å²) in [7, 11) is 4.06. The molecule has 172 valence electrons. The van der Waals surface area contributed by atoms with E-state index in [-0.39, 0.29) is 24.0 Å². The van der Waals surface area contributed by atoms with E-state index < -0.39 is 0 Å². The van der Waals surface area contributed by atoms with E-state index in [1.807, 2.05) is 18.5 Å². The number of ether oxygens (including phenoxy) is 1. The van der Waals surface area contributed by atoms with Crippen LogP contribution in [0.15, 0.2) is 29.3 Å². The summed E-state index contributed by atoms with van der Waals surface area (Å²) >= 11 is 0. The molecule has 1 aromatic carbocycles. The van der Waals surface area contributed by atoms with Crippen molar-refractivity contribution in [3.63, 3.8) is 0 Å². The Morgan fingerprint density at radius 1 is 1.16 bits per heavy atom. The van der Waals surface area contributed by atoms with Crippen LogP contribution in [0.1, 0.15) is 29.2 Å². The van der Waals surface area contributed by atoms with Crippen molar-refractivity contribution in [3.05, 3.63) is 47.0 Å². The molecule has 1 saturated heterocycles. The molecule has 1 fully saturated rings. The van der Waals surface area contributed by atoms with Gasteiger partial charge in [-0.05, 0) is 32.4 Å². The van der Waals surface area contributed by atoms with Gasteiger partial charge >= 0.3 is 0 Å². The number of hydrogen-bond acceptors (Lipinski definition) is 5. The lowest BCUT2D eigenvalue weighted by Crippen LogP contribution is -2.41. The number of nitrogens with zero attached hydrogens (tertiary/aromatic N) is 6. The first-order valence-corrected chi connectivity index (χ1v) is 10.7. The van der Waals surface area contributed by atoms with Crippen molar-refractivity contribution >= 4 is 29.9 Å². The van der Waals surface area contributed by atoms with Crippen LogP contribution in [0.25, 0.3) is 0 Å². The van der Waals surface area contributed by atoms with Gasteiger partial charge in [-0.3, -0.25) is 4.90 Å². The number of guanidine groups is 1. The lowest BCUT2D eigenvalue weighted by molar-refractivity contribution is 0.0375. The molecule has 0 atom stereocenters. The van der Waals surface area contributed by atoms with Gasteiger partial charge in [-0.2, -0.15) is 0 Å². The Morgan fingerprint density at radius 2 is 1.87 bits per heavy atom. The van der Waals surface area contributed by atoms with Crippen LogP contribution in [0.3, 0.4) is 0 Å². The number of aryl methyl sites for hydroxylation is 2. The summed E-state index contributed by atoms with van der Waals surface area (Å²) in [5.74, 6) is 2.65. The van der Waals surface area contributed by atoms with Gasteiger partial charge in [0, 0.05) is 40.3 Å². The fraction of sp³-hybridized carbons (Fsp3) is 0.591. The van der Waals surface area contributed by atoms with Crippen molar-refractivity contribution in [3.8, 4) is 0 Å². The lowest BCUT2D eigenvalue weighted by atomic mass is 10.1. The summed E-state index contributed by atoms with van der Waals surface area (Å²) < 4.78 is 7.41. The molecule has 1 aliphatic heterocycles. The topological polar surface area (TPSA) is 70.8 Å². The quantitative estimate of drug-likeness (QED) is 0.240. The third kappa shape index (κ3) is 8.04. The Labute approximate surface area is 203 Å². The van der Waals surface area contributed by atoms with Crippen LogP contribution < -0.4 is 5.32 Å². The summed E-state index contributed by atoms with van der Waals surface area (Å²) in [5, 5.41) is 11.9. The van der Waals surface area contributed by atoms with E-state index in [2.05, 4.69) is 63.6 Å². The second kappa shape index (κ2) is 13.0. The summed E-state index contributed by atoms with van der Waals surface area (Å²) in [6, 6.07) is 8.65. The maximum absolute atomic E-state index is 5.43. The molecule has 2 heterocycles. The monoisotopic (exact) mass is 541 g/mol.